The standard InChI is InChI=1S/C12H15NO3/c1-3-4-11(13(14)15)9-10-5-7-12(16-2)8-6-10/h5-9H,3-4H2,1-2H3. The molecule has 1 aromatic rings. The monoisotopic (exact) mass is 221 g/mol. The van der Waals surface area contributed by atoms with Crippen molar-refractivity contribution >= 4 is 6.08 Å². The largest absolute Gasteiger partial charge is 0.497 e. The van der Waals surface area contributed by atoms with Crippen molar-refractivity contribution in [3.05, 3.63) is 45.6 Å². The Bertz CT molecular complexity index is 382. The lowest BCUT2D eigenvalue weighted by molar-refractivity contribution is -0.426. The first-order valence-corrected chi connectivity index (χ1v) is 5.16. The maximum absolute atomic E-state index is 10.7. The minimum Gasteiger partial charge on any atom is -0.497 e. The molecular formula is C12H15NO3. The summed E-state index contributed by atoms with van der Waals surface area (Å²) < 4.78 is 5.01. The number of hydrogen-bond acceptors (Lipinski definition) is 3. The summed E-state index contributed by atoms with van der Waals surface area (Å²) in [5.74, 6) is 0.746. The summed E-state index contributed by atoms with van der Waals surface area (Å²) in [7, 11) is 1.59. The molecule has 4 nitrogen and oxygen atoms in total. The summed E-state index contributed by atoms with van der Waals surface area (Å²) >= 11 is 0. The Balaban J connectivity index is 2.89. The molecule has 0 fully saturated rings. The van der Waals surface area contributed by atoms with Crippen molar-refractivity contribution in [2.45, 2.75) is 19.8 Å². The average molecular weight is 221 g/mol. The topological polar surface area (TPSA) is 52.4 Å². The molecule has 0 heterocycles. The first-order valence-electron chi connectivity index (χ1n) is 5.16. The molecule has 0 saturated carbocycles. The molecule has 0 radical (unpaired) electrons. The van der Waals surface area contributed by atoms with Crippen molar-refractivity contribution in [2.24, 2.45) is 0 Å². The molecule has 0 spiro atoms. The summed E-state index contributed by atoms with van der Waals surface area (Å²) in [5, 5.41) is 10.7. The molecule has 0 atom stereocenters. The minimum absolute atomic E-state index is 0.243. The Morgan fingerprint density at radius 1 is 1.44 bits per heavy atom. The Morgan fingerprint density at radius 3 is 2.50 bits per heavy atom. The summed E-state index contributed by atoms with van der Waals surface area (Å²) in [4.78, 5) is 10.4. The molecule has 0 bridgehead atoms. The molecule has 0 aliphatic heterocycles. The number of ether oxygens (including phenoxy) is 1. The van der Waals surface area contributed by atoms with E-state index >= 15 is 0 Å². The molecule has 0 aromatic heterocycles. The fraction of sp³-hybridized carbons (Fsp3) is 0.333. The van der Waals surface area contributed by atoms with Crippen molar-refractivity contribution in [1.82, 2.24) is 0 Å². The second-order valence-electron chi connectivity index (χ2n) is 3.42. The maximum atomic E-state index is 10.7. The van der Waals surface area contributed by atoms with Gasteiger partial charge in [0.2, 0.25) is 5.70 Å². The third-order valence-electron chi connectivity index (χ3n) is 2.19. The number of nitro groups is 1. The molecule has 0 aliphatic rings. The van der Waals surface area contributed by atoms with Crippen LogP contribution in [0.4, 0.5) is 0 Å². The van der Waals surface area contributed by atoms with E-state index in [0.29, 0.717) is 6.42 Å². The number of allylic oxidation sites excluding steroid dienone is 1. The van der Waals surface area contributed by atoms with Crippen molar-refractivity contribution in [1.29, 1.82) is 0 Å². The SMILES string of the molecule is CCCC(=Cc1ccc(OC)cc1)[N+](=O)[O-]. The van der Waals surface area contributed by atoms with Crippen LogP contribution in [0.25, 0.3) is 6.08 Å². The zero-order chi connectivity index (χ0) is 12.0. The van der Waals surface area contributed by atoms with Gasteiger partial charge < -0.3 is 4.74 Å². The van der Waals surface area contributed by atoms with Crippen molar-refractivity contribution < 1.29 is 9.66 Å². The normalized spacial score (nSPS) is 11.2. The van der Waals surface area contributed by atoms with Gasteiger partial charge in [0.05, 0.1) is 12.0 Å². The Labute approximate surface area is 94.7 Å². The zero-order valence-electron chi connectivity index (χ0n) is 9.47. The third-order valence-corrected chi connectivity index (χ3v) is 2.19. The van der Waals surface area contributed by atoms with Crippen LogP contribution in [0, 0.1) is 10.1 Å². The lowest BCUT2D eigenvalue weighted by Gasteiger charge is -2.00. The first-order chi connectivity index (χ1) is 7.67. The fourth-order valence-corrected chi connectivity index (χ4v) is 1.36. The van der Waals surface area contributed by atoms with Crippen LogP contribution < -0.4 is 4.74 Å². The van der Waals surface area contributed by atoms with E-state index in [1.807, 2.05) is 6.92 Å². The highest BCUT2D eigenvalue weighted by atomic mass is 16.6. The predicted molar refractivity (Wildman–Crippen MR) is 62.9 cm³/mol. The minimum atomic E-state index is -0.326. The highest BCUT2D eigenvalue weighted by Crippen LogP contribution is 2.16. The van der Waals surface area contributed by atoms with Crippen LogP contribution in [0.1, 0.15) is 25.3 Å². The first kappa shape index (κ1) is 12.2. The van der Waals surface area contributed by atoms with Crippen LogP contribution in [0.3, 0.4) is 0 Å². The summed E-state index contributed by atoms with van der Waals surface area (Å²) in [6.45, 7) is 1.92. The van der Waals surface area contributed by atoms with Crippen LogP contribution >= 0.6 is 0 Å². The van der Waals surface area contributed by atoms with Gasteiger partial charge in [0.15, 0.2) is 0 Å². The van der Waals surface area contributed by atoms with E-state index in [-0.39, 0.29) is 10.6 Å². The van der Waals surface area contributed by atoms with Gasteiger partial charge in [-0.15, -0.1) is 0 Å². The van der Waals surface area contributed by atoms with E-state index in [1.165, 1.54) is 0 Å². The highest BCUT2D eigenvalue weighted by Gasteiger charge is 2.08. The zero-order valence-corrected chi connectivity index (χ0v) is 9.47. The van der Waals surface area contributed by atoms with E-state index in [1.54, 1.807) is 37.5 Å². The molecule has 1 rings (SSSR count). The third kappa shape index (κ3) is 3.38. The predicted octanol–water partition coefficient (Wildman–Crippen LogP) is 3.11. The van der Waals surface area contributed by atoms with E-state index in [9.17, 15) is 10.1 Å². The number of hydrogen-bond donors (Lipinski definition) is 0. The van der Waals surface area contributed by atoms with Crippen LogP contribution in [0.2, 0.25) is 0 Å². The van der Waals surface area contributed by atoms with Gasteiger partial charge in [-0.05, 0) is 24.1 Å². The smallest absolute Gasteiger partial charge is 0.246 e. The molecule has 0 aliphatic carbocycles. The van der Waals surface area contributed by atoms with Crippen LogP contribution in [0.15, 0.2) is 30.0 Å². The summed E-state index contributed by atoms with van der Waals surface area (Å²) in [5.41, 5.74) is 1.06. The molecule has 0 N–H and O–H groups in total. The van der Waals surface area contributed by atoms with Gasteiger partial charge in [0.1, 0.15) is 5.75 Å². The van der Waals surface area contributed by atoms with Gasteiger partial charge in [-0.3, -0.25) is 10.1 Å². The summed E-state index contributed by atoms with van der Waals surface area (Å²) in [6.07, 6.45) is 2.85. The molecule has 0 unspecified atom stereocenters. The Morgan fingerprint density at radius 2 is 2.06 bits per heavy atom. The molecular weight excluding hydrogens is 206 g/mol. The Kier molecular flexibility index (Phi) is 4.51. The van der Waals surface area contributed by atoms with Crippen molar-refractivity contribution in [3.63, 3.8) is 0 Å². The summed E-state index contributed by atoms with van der Waals surface area (Å²) in [6, 6.07) is 7.18. The second kappa shape index (κ2) is 5.90. The van der Waals surface area contributed by atoms with E-state index in [0.717, 1.165) is 17.7 Å². The molecule has 1 aromatic carbocycles. The van der Waals surface area contributed by atoms with Crippen LogP contribution in [-0.4, -0.2) is 12.0 Å². The molecule has 0 amide bonds. The van der Waals surface area contributed by atoms with Gasteiger partial charge in [0.25, 0.3) is 0 Å². The molecule has 4 heteroatoms. The molecule has 16 heavy (non-hydrogen) atoms. The maximum Gasteiger partial charge on any atom is 0.246 e. The lowest BCUT2D eigenvalue weighted by Crippen LogP contribution is -1.97. The van der Waals surface area contributed by atoms with Crippen molar-refractivity contribution in [2.75, 3.05) is 7.11 Å². The van der Waals surface area contributed by atoms with Gasteiger partial charge in [-0.1, -0.05) is 19.1 Å². The number of nitrogens with zero attached hydrogens (tertiary/aromatic N) is 1. The van der Waals surface area contributed by atoms with Crippen LogP contribution in [0.5, 0.6) is 5.75 Å². The van der Waals surface area contributed by atoms with Gasteiger partial charge in [0, 0.05) is 12.5 Å². The Hall–Kier alpha value is -1.84. The number of benzene rings is 1. The van der Waals surface area contributed by atoms with Gasteiger partial charge in [-0.25, -0.2) is 0 Å². The van der Waals surface area contributed by atoms with E-state index in [2.05, 4.69) is 0 Å². The highest BCUT2D eigenvalue weighted by molar-refractivity contribution is 5.52. The van der Waals surface area contributed by atoms with Crippen LogP contribution in [-0.2, 0) is 0 Å². The molecule has 86 valence electrons. The lowest BCUT2D eigenvalue weighted by atomic mass is 10.1. The molecule has 0 saturated heterocycles. The van der Waals surface area contributed by atoms with Crippen molar-refractivity contribution in [3.8, 4) is 5.75 Å². The average Bonchev–Trinajstić information content (AvgIpc) is 2.29. The number of methoxy groups -OCH3 is 1. The quantitative estimate of drug-likeness (QED) is 0.567. The number of rotatable bonds is 5. The van der Waals surface area contributed by atoms with Gasteiger partial charge in [-0.2, -0.15) is 0 Å². The second-order valence-corrected chi connectivity index (χ2v) is 3.42. The fourth-order valence-electron chi connectivity index (χ4n) is 1.36. The van der Waals surface area contributed by atoms with Gasteiger partial charge >= 0.3 is 0 Å². The van der Waals surface area contributed by atoms with E-state index < -0.39 is 0 Å². The van der Waals surface area contributed by atoms with E-state index in [4.69, 9.17) is 4.74 Å².